The van der Waals surface area contributed by atoms with Crippen molar-refractivity contribution in [2.45, 2.75) is 103 Å². The van der Waals surface area contributed by atoms with E-state index >= 15 is 0 Å². The third-order valence-electron chi connectivity index (χ3n) is 6.15. The molecule has 0 N–H and O–H groups in total. The molecule has 0 amide bonds. The molecule has 136 valence electrons. The van der Waals surface area contributed by atoms with Gasteiger partial charge in [-0.15, -0.1) is 0 Å². The van der Waals surface area contributed by atoms with Crippen LogP contribution in [0.15, 0.2) is 0 Å². The molecule has 0 radical (unpaired) electrons. The molecule has 2 rings (SSSR count). The van der Waals surface area contributed by atoms with Crippen LogP contribution in [-0.4, -0.2) is 10.5 Å². The van der Waals surface area contributed by atoms with Crippen molar-refractivity contribution in [1.82, 2.24) is 0 Å². The summed E-state index contributed by atoms with van der Waals surface area (Å²) in [6.45, 7) is 14.4. The second-order valence-electron chi connectivity index (χ2n) is 9.94. The van der Waals surface area contributed by atoms with Gasteiger partial charge in [0.2, 0.25) is 0 Å². The molecule has 0 spiro atoms. The Hall–Kier alpha value is 0.660. The molecule has 0 heterocycles. The molecule has 1 nitrogen and oxygen atoms in total. The van der Waals surface area contributed by atoms with Crippen LogP contribution in [0, 0.1) is 22.7 Å². The highest BCUT2D eigenvalue weighted by Crippen LogP contribution is 2.44. The van der Waals surface area contributed by atoms with Gasteiger partial charge in [-0.1, -0.05) is 41.5 Å². The van der Waals surface area contributed by atoms with E-state index in [1.807, 2.05) is 0 Å². The smallest absolute Gasteiger partial charge is 0.0324 e. The maximum Gasteiger partial charge on any atom is 0.0324 e. The van der Waals surface area contributed by atoms with E-state index in [1.54, 1.807) is 24.1 Å². The lowest BCUT2D eigenvalue weighted by atomic mass is 9.72. The summed E-state index contributed by atoms with van der Waals surface area (Å²) in [5, 5.41) is 1.46. The monoisotopic (exact) mass is 358 g/mol. The van der Waals surface area contributed by atoms with E-state index in [0.717, 1.165) is 22.3 Å². The third-order valence-corrected chi connectivity index (χ3v) is 8.26. The lowest BCUT2D eigenvalue weighted by Crippen LogP contribution is -2.27. The highest BCUT2D eigenvalue weighted by molar-refractivity contribution is 8.08. The van der Waals surface area contributed by atoms with E-state index < -0.39 is 0 Å². The van der Waals surface area contributed by atoms with Crippen molar-refractivity contribution in [3.8, 4) is 0 Å². The minimum absolute atomic E-state index is 0.483. The van der Waals surface area contributed by atoms with Gasteiger partial charge in [-0.3, -0.25) is 0 Å². The van der Waals surface area contributed by atoms with Gasteiger partial charge in [0.15, 0.2) is 0 Å². The highest BCUT2D eigenvalue weighted by Gasteiger charge is 2.32. The van der Waals surface area contributed by atoms with E-state index in [2.05, 4.69) is 41.5 Å². The highest BCUT2D eigenvalue weighted by atomic mass is 32.2. The molecule has 0 bridgehead atoms. The van der Waals surface area contributed by atoms with E-state index in [0.29, 0.717) is 10.8 Å². The zero-order chi connectivity index (χ0) is 17.1. The van der Waals surface area contributed by atoms with Crippen molar-refractivity contribution in [3.63, 3.8) is 0 Å². The average molecular weight is 359 g/mol. The summed E-state index contributed by atoms with van der Waals surface area (Å²) < 4.78 is 5.99. The summed E-state index contributed by atoms with van der Waals surface area (Å²) in [6.07, 6.45) is 10.9. The normalized spacial score (nSPS) is 33.7. The molecule has 2 saturated carbocycles. The molecule has 0 aromatic carbocycles. The first kappa shape index (κ1) is 20.0. The van der Waals surface area contributed by atoms with Crippen LogP contribution in [0.5, 0.6) is 0 Å². The Labute approximate surface area is 153 Å². The SMILES string of the molecule is CC(C)(C)C1CCC(SOSC2CCC(C(C)(C)C)CC2)CC1. The van der Waals surface area contributed by atoms with Crippen molar-refractivity contribution >= 4 is 24.1 Å². The molecule has 0 saturated heterocycles. The molecular formula is C20H38OS2. The van der Waals surface area contributed by atoms with Crippen LogP contribution in [0.3, 0.4) is 0 Å². The van der Waals surface area contributed by atoms with Gasteiger partial charge in [0.1, 0.15) is 0 Å². The Bertz CT molecular complexity index is 306. The lowest BCUT2D eigenvalue weighted by Gasteiger charge is -2.37. The van der Waals surface area contributed by atoms with Gasteiger partial charge in [-0.05, 0) is 74.0 Å². The molecule has 0 aromatic heterocycles. The zero-order valence-electron chi connectivity index (χ0n) is 16.2. The second kappa shape index (κ2) is 8.36. The van der Waals surface area contributed by atoms with Crippen molar-refractivity contribution in [2.24, 2.45) is 22.7 Å². The Morgan fingerprint density at radius 2 is 0.870 bits per heavy atom. The van der Waals surface area contributed by atoms with Crippen LogP contribution >= 0.6 is 24.1 Å². The van der Waals surface area contributed by atoms with Crippen LogP contribution in [0.2, 0.25) is 0 Å². The fourth-order valence-corrected chi connectivity index (χ4v) is 6.18. The fourth-order valence-electron chi connectivity index (χ4n) is 4.18. The largest absolute Gasteiger partial charge is 0.247 e. The first-order valence-electron chi connectivity index (χ1n) is 9.65. The number of rotatable bonds is 4. The van der Waals surface area contributed by atoms with Gasteiger partial charge in [0, 0.05) is 34.6 Å². The Balaban J connectivity index is 1.59. The van der Waals surface area contributed by atoms with Gasteiger partial charge in [0.05, 0.1) is 0 Å². The maximum absolute atomic E-state index is 5.99. The summed E-state index contributed by atoms with van der Waals surface area (Å²) >= 11 is 3.55. The quantitative estimate of drug-likeness (QED) is 0.481. The second-order valence-corrected chi connectivity index (χ2v) is 12.2. The van der Waals surface area contributed by atoms with Crippen molar-refractivity contribution < 1.29 is 3.63 Å². The van der Waals surface area contributed by atoms with Crippen LogP contribution in [0.4, 0.5) is 0 Å². The molecule has 0 aliphatic heterocycles. The minimum atomic E-state index is 0.483. The molecule has 2 aliphatic carbocycles. The predicted octanol–water partition coefficient (Wildman–Crippen LogP) is 7.51. The van der Waals surface area contributed by atoms with Crippen LogP contribution in [-0.2, 0) is 3.63 Å². The Morgan fingerprint density at radius 3 is 1.13 bits per heavy atom. The summed E-state index contributed by atoms with van der Waals surface area (Å²) in [6, 6.07) is 0. The Morgan fingerprint density at radius 1 is 0.565 bits per heavy atom. The predicted molar refractivity (Wildman–Crippen MR) is 107 cm³/mol. The van der Waals surface area contributed by atoms with Crippen LogP contribution in [0.1, 0.15) is 92.9 Å². The standard InChI is InChI=1S/C20H38OS2/c1-19(2,3)15-7-11-17(12-8-15)22-21-23-18-13-9-16(10-14-18)20(4,5)6/h15-18H,7-14H2,1-6H3. The molecule has 0 unspecified atom stereocenters. The van der Waals surface area contributed by atoms with Gasteiger partial charge >= 0.3 is 0 Å². The van der Waals surface area contributed by atoms with Crippen molar-refractivity contribution in [3.05, 3.63) is 0 Å². The number of hydrogen-bond acceptors (Lipinski definition) is 3. The van der Waals surface area contributed by atoms with E-state index in [9.17, 15) is 0 Å². The molecule has 0 aromatic rings. The molecule has 3 heteroatoms. The van der Waals surface area contributed by atoms with E-state index in [1.165, 1.54) is 51.4 Å². The van der Waals surface area contributed by atoms with E-state index in [-0.39, 0.29) is 0 Å². The van der Waals surface area contributed by atoms with Crippen LogP contribution in [0.25, 0.3) is 0 Å². The first-order valence-corrected chi connectivity index (χ1v) is 11.3. The van der Waals surface area contributed by atoms with Gasteiger partial charge in [-0.2, -0.15) is 0 Å². The molecule has 23 heavy (non-hydrogen) atoms. The molecule has 2 fully saturated rings. The van der Waals surface area contributed by atoms with Crippen molar-refractivity contribution in [2.75, 3.05) is 0 Å². The fraction of sp³-hybridized carbons (Fsp3) is 1.00. The topological polar surface area (TPSA) is 9.23 Å². The van der Waals surface area contributed by atoms with Crippen molar-refractivity contribution in [1.29, 1.82) is 0 Å². The van der Waals surface area contributed by atoms with Gasteiger partial charge in [-0.25, -0.2) is 3.63 Å². The summed E-state index contributed by atoms with van der Waals surface area (Å²) in [5.74, 6) is 1.80. The summed E-state index contributed by atoms with van der Waals surface area (Å²) in [5.41, 5.74) is 0.966. The van der Waals surface area contributed by atoms with Crippen LogP contribution < -0.4 is 0 Å². The summed E-state index contributed by atoms with van der Waals surface area (Å²) in [4.78, 5) is 0. The molecule has 2 aliphatic rings. The maximum atomic E-state index is 5.99. The zero-order valence-corrected chi connectivity index (χ0v) is 17.8. The number of hydrogen-bond donors (Lipinski definition) is 0. The third kappa shape index (κ3) is 6.47. The first-order chi connectivity index (χ1) is 10.7. The summed E-state index contributed by atoms with van der Waals surface area (Å²) in [7, 11) is 0. The Kier molecular flexibility index (Phi) is 7.26. The van der Waals surface area contributed by atoms with E-state index in [4.69, 9.17) is 3.63 Å². The lowest BCUT2D eigenvalue weighted by molar-refractivity contribution is 0.181. The minimum Gasteiger partial charge on any atom is -0.247 e. The van der Waals surface area contributed by atoms with Gasteiger partial charge in [0.25, 0.3) is 0 Å². The van der Waals surface area contributed by atoms with Gasteiger partial charge < -0.3 is 0 Å². The average Bonchev–Trinajstić information content (AvgIpc) is 2.46. The molecule has 0 atom stereocenters. The molecular weight excluding hydrogens is 320 g/mol.